The van der Waals surface area contributed by atoms with Crippen molar-refractivity contribution in [2.24, 2.45) is 0 Å². The van der Waals surface area contributed by atoms with E-state index in [1.54, 1.807) is 12.1 Å². The summed E-state index contributed by atoms with van der Waals surface area (Å²) < 4.78 is 27.3. The van der Waals surface area contributed by atoms with Gasteiger partial charge in [-0.3, -0.25) is 4.79 Å². The fourth-order valence-electron chi connectivity index (χ4n) is 2.50. The van der Waals surface area contributed by atoms with E-state index >= 15 is 0 Å². The second kappa shape index (κ2) is 9.50. The normalized spacial score (nSPS) is 11.3. The maximum absolute atomic E-state index is 12.4. The molecule has 0 aliphatic heterocycles. The van der Waals surface area contributed by atoms with Gasteiger partial charge in [-0.25, -0.2) is 13.1 Å². The Bertz CT molecular complexity index is 830. The molecule has 1 amide bonds. The number of carbonyl (C=O) groups excluding carboxylic acids is 1. The fraction of sp³-hybridized carbons (Fsp3) is 0.350. The molecular formula is C20H26N2O3S. The molecule has 0 saturated heterocycles. The van der Waals surface area contributed by atoms with Crippen LogP contribution >= 0.6 is 0 Å². The minimum Gasteiger partial charge on any atom is -0.322 e. The maximum Gasteiger partial charge on any atom is 0.255 e. The Hall–Kier alpha value is -2.18. The summed E-state index contributed by atoms with van der Waals surface area (Å²) in [5, 5.41) is 2.79. The summed E-state index contributed by atoms with van der Waals surface area (Å²) >= 11 is 0. The van der Waals surface area contributed by atoms with Gasteiger partial charge in [-0.1, -0.05) is 44.9 Å². The molecule has 0 heterocycles. The Balaban J connectivity index is 2.08. The number of nitrogens with one attached hydrogen (secondary N) is 2. The van der Waals surface area contributed by atoms with Crippen LogP contribution in [0.5, 0.6) is 0 Å². The van der Waals surface area contributed by atoms with Gasteiger partial charge in [0.2, 0.25) is 10.0 Å². The SMILES string of the molecule is CCCCCNS(=O)(=O)c1cccc(C(=O)Nc2ccc(CC)cc2)c1. The van der Waals surface area contributed by atoms with Crippen molar-refractivity contribution in [2.45, 2.75) is 44.4 Å². The third-order valence-electron chi connectivity index (χ3n) is 4.10. The standard InChI is InChI=1S/C20H26N2O3S/c1-3-5-6-14-21-26(24,25)19-9-7-8-17(15-19)20(23)22-18-12-10-16(4-2)11-13-18/h7-13,15,21H,3-6,14H2,1-2H3,(H,22,23). The van der Waals surface area contributed by atoms with Gasteiger partial charge in [0.25, 0.3) is 5.91 Å². The lowest BCUT2D eigenvalue weighted by Gasteiger charge is -2.09. The monoisotopic (exact) mass is 374 g/mol. The summed E-state index contributed by atoms with van der Waals surface area (Å²) in [6.07, 6.45) is 3.72. The number of amides is 1. The van der Waals surface area contributed by atoms with E-state index in [-0.39, 0.29) is 10.8 Å². The molecule has 2 aromatic rings. The van der Waals surface area contributed by atoms with Gasteiger partial charge in [-0.05, 0) is 48.7 Å². The van der Waals surface area contributed by atoms with Crippen molar-refractivity contribution in [3.8, 4) is 0 Å². The van der Waals surface area contributed by atoms with Crippen molar-refractivity contribution < 1.29 is 13.2 Å². The van der Waals surface area contributed by atoms with Gasteiger partial charge in [-0.15, -0.1) is 0 Å². The van der Waals surface area contributed by atoms with Gasteiger partial charge >= 0.3 is 0 Å². The predicted octanol–water partition coefficient (Wildman–Crippen LogP) is 3.97. The highest BCUT2D eigenvalue weighted by atomic mass is 32.2. The lowest BCUT2D eigenvalue weighted by Crippen LogP contribution is -2.25. The zero-order chi connectivity index (χ0) is 19.0. The van der Waals surface area contributed by atoms with Gasteiger partial charge in [0.05, 0.1) is 4.90 Å². The van der Waals surface area contributed by atoms with Crippen LogP contribution in [0.4, 0.5) is 5.69 Å². The first kappa shape index (κ1) is 20.1. The summed E-state index contributed by atoms with van der Waals surface area (Å²) in [5.74, 6) is -0.336. The average Bonchev–Trinajstić information content (AvgIpc) is 2.66. The lowest BCUT2D eigenvalue weighted by molar-refractivity contribution is 0.102. The molecule has 0 bridgehead atoms. The molecular weight excluding hydrogens is 348 g/mol. The Kier molecular flexibility index (Phi) is 7.36. The third-order valence-corrected chi connectivity index (χ3v) is 5.56. The largest absolute Gasteiger partial charge is 0.322 e. The Morgan fingerprint density at radius 1 is 1.00 bits per heavy atom. The van der Waals surface area contributed by atoms with Crippen LogP contribution in [0.15, 0.2) is 53.4 Å². The summed E-state index contributed by atoms with van der Waals surface area (Å²) in [6, 6.07) is 13.7. The van der Waals surface area contributed by atoms with Crippen LogP contribution in [-0.4, -0.2) is 20.9 Å². The topological polar surface area (TPSA) is 75.3 Å². The molecule has 140 valence electrons. The van der Waals surface area contributed by atoms with E-state index in [2.05, 4.69) is 23.9 Å². The number of unbranched alkanes of at least 4 members (excludes halogenated alkanes) is 2. The molecule has 0 spiro atoms. The molecule has 26 heavy (non-hydrogen) atoms. The highest BCUT2D eigenvalue weighted by Crippen LogP contribution is 2.15. The van der Waals surface area contributed by atoms with E-state index in [9.17, 15) is 13.2 Å². The number of anilines is 1. The van der Waals surface area contributed by atoms with Crippen molar-refractivity contribution >= 4 is 21.6 Å². The van der Waals surface area contributed by atoms with E-state index < -0.39 is 10.0 Å². The van der Waals surface area contributed by atoms with E-state index in [1.807, 2.05) is 24.3 Å². The molecule has 5 nitrogen and oxygen atoms in total. The van der Waals surface area contributed by atoms with Crippen molar-refractivity contribution in [1.82, 2.24) is 4.72 Å². The molecule has 0 unspecified atom stereocenters. The number of aryl methyl sites for hydroxylation is 1. The van der Waals surface area contributed by atoms with Crippen LogP contribution < -0.4 is 10.0 Å². The molecule has 0 aliphatic carbocycles. The van der Waals surface area contributed by atoms with Gasteiger partial charge < -0.3 is 5.32 Å². The van der Waals surface area contributed by atoms with Crippen molar-refractivity contribution in [3.05, 3.63) is 59.7 Å². The van der Waals surface area contributed by atoms with Crippen LogP contribution in [-0.2, 0) is 16.4 Å². The Morgan fingerprint density at radius 3 is 2.38 bits per heavy atom. The fourth-order valence-corrected chi connectivity index (χ4v) is 3.62. The zero-order valence-corrected chi connectivity index (χ0v) is 16.1. The number of sulfonamides is 1. The highest BCUT2D eigenvalue weighted by Gasteiger charge is 2.16. The molecule has 0 fully saturated rings. The third kappa shape index (κ3) is 5.68. The van der Waals surface area contributed by atoms with Crippen LogP contribution in [0.2, 0.25) is 0 Å². The molecule has 0 atom stereocenters. The van der Waals surface area contributed by atoms with E-state index in [0.29, 0.717) is 17.8 Å². The predicted molar refractivity (Wildman–Crippen MR) is 105 cm³/mol. The lowest BCUT2D eigenvalue weighted by atomic mass is 10.1. The van der Waals surface area contributed by atoms with Crippen LogP contribution in [0, 0.1) is 0 Å². The van der Waals surface area contributed by atoms with Gasteiger partial charge in [0.1, 0.15) is 0 Å². The van der Waals surface area contributed by atoms with Crippen molar-refractivity contribution in [3.63, 3.8) is 0 Å². The van der Waals surface area contributed by atoms with Gasteiger partial charge in [0, 0.05) is 17.8 Å². The molecule has 0 saturated carbocycles. The van der Waals surface area contributed by atoms with E-state index in [4.69, 9.17) is 0 Å². The summed E-state index contributed by atoms with van der Waals surface area (Å²) in [7, 11) is -3.61. The Labute approximate surface area is 155 Å². The smallest absolute Gasteiger partial charge is 0.255 e. The maximum atomic E-state index is 12.4. The quantitative estimate of drug-likeness (QED) is 0.652. The zero-order valence-electron chi connectivity index (χ0n) is 15.3. The first-order chi connectivity index (χ1) is 12.5. The Morgan fingerprint density at radius 2 is 1.73 bits per heavy atom. The van der Waals surface area contributed by atoms with Crippen LogP contribution in [0.1, 0.15) is 49.0 Å². The van der Waals surface area contributed by atoms with Crippen LogP contribution in [0.25, 0.3) is 0 Å². The molecule has 0 aliphatic rings. The minimum atomic E-state index is -3.61. The molecule has 6 heteroatoms. The van der Waals surface area contributed by atoms with Crippen molar-refractivity contribution in [2.75, 3.05) is 11.9 Å². The number of hydrogen-bond acceptors (Lipinski definition) is 3. The highest BCUT2D eigenvalue weighted by molar-refractivity contribution is 7.89. The number of carbonyl (C=O) groups is 1. The second-order valence-electron chi connectivity index (χ2n) is 6.14. The first-order valence-corrected chi connectivity index (χ1v) is 10.4. The first-order valence-electron chi connectivity index (χ1n) is 8.96. The van der Waals surface area contributed by atoms with Gasteiger partial charge in [0.15, 0.2) is 0 Å². The molecule has 2 aromatic carbocycles. The summed E-state index contributed by atoms with van der Waals surface area (Å²) in [5.41, 5.74) is 2.17. The average molecular weight is 375 g/mol. The number of rotatable bonds is 9. The van der Waals surface area contributed by atoms with Crippen LogP contribution in [0.3, 0.4) is 0 Å². The minimum absolute atomic E-state index is 0.1000. The van der Waals surface area contributed by atoms with E-state index in [1.165, 1.54) is 17.7 Å². The van der Waals surface area contributed by atoms with Gasteiger partial charge in [-0.2, -0.15) is 0 Å². The van der Waals surface area contributed by atoms with Crippen molar-refractivity contribution in [1.29, 1.82) is 0 Å². The molecule has 2 N–H and O–H groups in total. The molecule has 0 radical (unpaired) electrons. The summed E-state index contributed by atoms with van der Waals surface area (Å²) in [6.45, 7) is 4.53. The number of hydrogen-bond donors (Lipinski definition) is 2. The number of benzene rings is 2. The second-order valence-corrected chi connectivity index (χ2v) is 7.90. The summed E-state index contributed by atoms with van der Waals surface area (Å²) in [4.78, 5) is 12.5. The van der Waals surface area contributed by atoms with E-state index in [0.717, 1.165) is 25.7 Å². The molecule has 2 rings (SSSR count). The molecule has 0 aromatic heterocycles.